The van der Waals surface area contributed by atoms with Crippen LogP contribution in [-0.2, 0) is 14.8 Å². The summed E-state index contributed by atoms with van der Waals surface area (Å²) in [5, 5.41) is 5.56. The molecule has 0 spiro atoms. The van der Waals surface area contributed by atoms with Crippen LogP contribution in [0.5, 0.6) is 0 Å². The number of aromatic nitrogens is 1. The van der Waals surface area contributed by atoms with E-state index in [1.807, 2.05) is 31.3 Å². The van der Waals surface area contributed by atoms with Gasteiger partial charge in [-0.2, -0.15) is 4.31 Å². The van der Waals surface area contributed by atoms with Crippen molar-refractivity contribution in [2.24, 2.45) is 0 Å². The average molecular weight is 423 g/mol. The molecule has 1 N–H and O–H groups in total. The van der Waals surface area contributed by atoms with E-state index in [4.69, 9.17) is 0 Å². The Kier molecular flexibility index (Phi) is 7.34. The SMILES string of the molecule is CCN(CC)S(=O)(=O)c1ccc(N(C)C)c(NC(=O)/C=C/c2csc(C)n2)c1. The third-order valence-electron chi connectivity index (χ3n) is 4.09. The first-order chi connectivity index (χ1) is 13.2. The molecule has 0 saturated heterocycles. The normalized spacial score (nSPS) is 11.9. The minimum Gasteiger partial charge on any atom is -0.376 e. The fourth-order valence-electron chi connectivity index (χ4n) is 2.67. The maximum Gasteiger partial charge on any atom is 0.248 e. The predicted molar refractivity (Wildman–Crippen MR) is 115 cm³/mol. The number of nitrogens with zero attached hydrogens (tertiary/aromatic N) is 3. The number of hydrogen-bond acceptors (Lipinski definition) is 6. The summed E-state index contributed by atoms with van der Waals surface area (Å²) in [4.78, 5) is 18.6. The molecule has 0 aliphatic carbocycles. The fourth-order valence-corrected chi connectivity index (χ4v) is 4.74. The van der Waals surface area contributed by atoms with Gasteiger partial charge in [0.25, 0.3) is 0 Å². The van der Waals surface area contributed by atoms with Gasteiger partial charge in [0, 0.05) is 38.6 Å². The van der Waals surface area contributed by atoms with Gasteiger partial charge in [0.1, 0.15) is 0 Å². The number of hydrogen-bond donors (Lipinski definition) is 1. The molecule has 1 aromatic heterocycles. The molecule has 0 bridgehead atoms. The van der Waals surface area contributed by atoms with Gasteiger partial charge in [0.15, 0.2) is 0 Å². The van der Waals surface area contributed by atoms with E-state index >= 15 is 0 Å². The van der Waals surface area contributed by atoms with E-state index < -0.39 is 10.0 Å². The molecule has 0 radical (unpaired) electrons. The Balaban J connectivity index is 2.33. The lowest BCUT2D eigenvalue weighted by Crippen LogP contribution is -2.30. The third-order valence-corrected chi connectivity index (χ3v) is 6.93. The van der Waals surface area contributed by atoms with Crippen LogP contribution in [0.2, 0.25) is 0 Å². The number of carbonyl (C=O) groups excluding carboxylic acids is 1. The number of nitrogens with one attached hydrogen (secondary N) is 1. The number of amides is 1. The fraction of sp³-hybridized carbons (Fsp3) is 0.368. The molecule has 0 unspecified atom stereocenters. The summed E-state index contributed by atoms with van der Waals surface area (Å²) in [6, 6.07) is 4.76. The monoisotopic (exact) mass is 422 g/mol. The molecule has 1 heterocycles. The van der Waals surface area contributed by atoms with Crippen molar-refractivity contribution in [3.05, 3.63) is 40.4 Å². The minimum atomic E-state index is -3.62. The Bertz CT molecular complexity index is 961. The van der Waals surface area contributed by atoms with Gasteiger partial charge in [-0.15, -0.1) is 11.3 Å². The van der Waals surface area contributed by atoms with Crippen molar-refractivity contribution in [2.75, 3.05) is 37.4 Å². The molecule has 1 aromatic carbocycles. The number of rotatable bonds is 8. The summed E-state index contributed by atoms with van der Waals surface area (Å²) in [6.07, 6.45) is 3.02. The van der Waals surface area contributed by atoms with E-state index in [0.717, 1.165) is 5.01 Å². The highest BCUT2D eigenvalue weighted by Gasteiger charge is 2.23. The Morgan fingerprint density at radius 1 is 1.25 bits per heavy atom. The van der Waals surface area contributed by atoms with Gasteiger partial charge < -0.3 is 10.2 Å². The van der Waals surface area contributed by atoms with Crippen LogP contribution in [0.1, 0.15) is 24.5 Å². The number of carbonyl (C=O) groups is 1. The number of sulfonamides is 1. The molecule has 2 aromatic rings. The predicted octanol–water partition coefficient (Wildman–Crippen LogP) is 3.20. The van der Waals surface area contributed by atoms with Crippen molar-refractivity contribution in [1.82, 2.24) is 9.29 Å². The van der Waals surface area contributed by atoms with Gasteiger partial charge in [-0.25, -0.2) is 13.4 Å². The summed E-state index contributed by atoms with van der Waals surface area (Å²) in [5.74, 6) is -0.355. The number of thiazole rings is 1. The van der Waals surface area contributed by atoms with E-state index in [1.165, 1.54) is 27.8 Å². The van der Waals surface area contributed by atoms with Crippen molar-refractivity contribution < 1.29 is 13.2 Å². The maximum absolute atomic E-state index is 12.8. The largest absolute Gasteiger partial charge is 0.376 e. The zero-order chi connectivity index (χ0) is 20.9. The van der Waals surface area contributed by atoms with Gasteiger partial charge in [-0.3, -0.25) is 4.79 Å². The maximum atomic E-state index is 12.8. The van der Waals surface area contributed by atoms with Crippen LogP contribution in [0.4, 0.5) is 11.4 Å². The van der Waals surface area contributed by atoms with E-state index in [-0.39, 0.29) is 10.8 Å². The minimum absolute atomic E-state index is 0.149. The average Bonchev–Trinajstić information content (AvgIpc) is 3.06. The van der Waals surface area contributed by atoms with E-state index in [9.17, 15) is 13.2 Å². The third kappa shape index (κ3) is 5.18. The first kappa shape index (κ1) is 22.1. The zero-order valence-electron chi connectivity index (χ0n) is 16.8. The highest BCUT2D eigenvalue weighted by molar-refractivity contribution is 7.89. The second-order valence-corrected chi connectivity index (χ2v) is 9.28. The Morgan fingerprint density at radius 2 is 1.93 bits per heavy atom. The molecule has 28 heavy (non-hydrogen) atoms. The molecule has 0 fully saturated rings. The topological polar surface area (TPSA) is 82.6 Å². The van der Waals surface area contributed by atoms with Crippen molar-refractivity contribution in [1.29, 1.82) is 0 Å². The quantitative estimate of drug-likeness (QED) is 0.661. The lowest BCUT2D eigenvalue weighted by molar-refractivity contribution is -0.111. The van der Waals surface area contributed by atoms with Crippen LogP contribution in [0.25, 0.3) is 6.08 Å². The van der Waals surface area contributed by atoms with E-state index in [2.05, 4.69) is 10.3 Å². The van der Waals surface area contributed by atoms with E-state index in [1.54, 1.807) is 32.1 Å². The molecular formula is C19H26N4O3S2. The van der Waals surface area contributed by atoms with Gasteiger partial charge in [-0.05, 0) is 31.2 Å². The second kappa shape index (κ2) is 9.31. The van der Waals surface area contributed by atoms with Gasteiger partial charge in [0.05, 0.1) is 27.0 Å². The molecule has 152 valence electrons. The van der Waals surface area contributed by atoms with Crippen LogP contribution in [0, 0.1) is 6.92 Å². The molecule has 0 aliphatic rings. The lowest BCUT2D eigenvalue weighted by Gasteiger charge is -2.22. The molecule has 0 atom stereocenters. The summed E-state index contributed by atoms with van der Waals surface area (Å²) >= 11 is 1.51. The summed E-state index contributed by atoms with van der Waals surface area (Å²) in [5.41, 5.74) is 1.86. The van der Waals surface area contributed by atoms with Crippen molar-refractivity contribution >= 4 is 44.7 Å². The second-order valence-electron chi connectivity index (χ2n) is 6.28. The van der Waals surface area contributed by atoms with Gasteiger partial charge >= 0.3 is 0 Å². The summed E-state index contributed by atoms with van der Waals surface area (Å²) in [7, 11) is 0.0440. The summed E-state index contributed by atoms with van der Waals surface area (Å²) in [6.45, 7) is 6.25. The van der Waals surface area contributed by atoms with Crippen LogP contribution >= 0.6 is 11.3 Å². The smallest absolute Gasteiger partial charge is 0.248 e. The van der Waals surface area contributed by atoms with Gasteiger partial charge in [0.2, 0.25) is 15.9 Å². The highest BCUT2D eigenvalue weighted by Crippen LogP contribution is 2.29. The highest BCUT2D eigenvalue weighted by atomic mass is 32.2. The molecule has 2 rings (SSSR count). The Hall–Kier alpha value is -2.23. The number of benzene rings is 1. The number of aryl methyl sites for hydroxylation is 1. The van der Waals surface area contributed by atoms with Gasteiger partial charge in [-0.1, -0.05) is 13.8 Å². The summed E-state index contributed by atoms with van der Waals surface area (Å²) < 4.78 is 27.0. The van der Waals surface area contributed by atoms with E-state index in [0.29, 0.717) is 30.2 Å². The van der Waals surface area contributed by atoms with Crippen LogP contribution in [0.3, 0.4) is 0 Å². The Labute approximate surface area is 170 Å². The molecule has 0 saturated carbocycles. The molecule has 0 aliphatic heterocycles. The van der Waals surface area contributed by atoms with Crippen LogP contribution < -0.4 is 10.2 Å². The number of anilines is 2. The zero-order valence-corrected chi connectivity index (χ0v) is 18.4. The van der Waals surface area contributed by atoms with Crippen molar-refractivity contribution in [3.8, 4) is 0 Å². The Morgan fingerprint density at radius 3 is 2.46 bits per heavy atom. The molecule has 9 heteroatoms. The standard InChI is InChI=1S/C19H26N4O3S2/c1-6-23(7-2)28(25,26)16-9-10-18(22(4)5)17(12-16)21-19(24)11-8-15-13-27-14(3)20-15/h8-13H,6-7H2,1-5H3,(H,21,24)/b11-8+. The van der Waals surface area contributed by atoms with Crippen molar-refractivity contribution in [3.63, 3.8) is 0 Å². The first-order valence-corrected chi connectivity index (χ1v) is 11.2. The first-order valence-electron chi connectivity index (χ1n) is 8.91. The van der Waals surface area contributed by atoms with Crippen LogP contribution in [0.15, 0.2) is 34.6 Å². The molecule has 7 nitrogen and oxygen atoms in total. The molecule has 1 amide bonds. The van der Waals surface area contributed by atoms with Crippen molar-refractivity contribution in [2.45, 2.75) is 25.7 Å². The molecular weight excluding hydrogens is 396 g/mol. The lowest BCUT2D eigenvalue weighted by atomic mass is 10.2. The van der Waals surface area contributed by atoms with Crippen LogP contribution in [-0.4, -0.2) is 50.8 Å².